The summed E-state index contributed by atoms with van der Waals surface area (Å²) in [6.07, 6.45) is 0. The summed E-state index contributed by atoms with van der Waals surface area (Å²) in [5, 5.41) is 6.46. The second kappa shape index (κ2) is 10.5. The van der Waals surface area contributed by atoms with E-state index in [9.17, 15) is 18.0 Å². The van der Waals surface area contributed by atoms with E-state index in [0.717, 1.165) is 10.9 Å². The number of hydrogen-bond donors (Lipinski definition) is 2. The molecule has 0 spiro atoms. The van der Waals surface area contributed by atoms with Crippen LogP contribution >= 0.6 is 0 Å². The minimum Gasteiger partial charge on any atom is -0.379 e. The Hall–Kier alpha value is -3.34. The van der Waals surface area contributed by atoms with Crippen LogP contribution in [0.1, 0.15) is 24.2 Å². The number of rotatable bonds is 7. The van der Waals surface area contributed by atoms with Crippen molar-refractivity contribution in [2.45, 2.75) is 24.8 Å². The summed E-state index contributed by atoms with van der Waals surface area (Å²) in [6.45, 7) is 4.82. The zero-order valence-electron chi connectivity index (χ0n) is 19.6. The van der Waals surface area contributed by atoms with Gasteiger partial charge in [0.05, 0.1) is 23.6 Å². The summed E-state index contributed by atoms with van der Waals surface area (Å²) in [4.78, 5) is 30.5. The molecule has 2 N–H and O–H groups in total. The van der Waals surface area contributed by atoms with Crippen LogP contribution in [0.4, 0.5) is 5.82 Å². The van der Waals surface area contributed by atoms with Gasteiger partial charge >= 0.3 is 0 Å². The van der Waals surface area contributed by atoms with E-state index in [2.05, 4.69) is 15.6 Å². The maximum absolute atomic E-state index is 13.0. The van der Waals surface area contributed by atoms with E-state index >= 15 is 0 Å². The monoisotopic (exact) mass is 496 g/mol. The van der Waals surface area contributed by atoms with Gasteiger partial charge in [-0.15, -0.1) is 0 Å². The van der Waals surface area contributed by atoms with Gasteiger partial charge in [-0.2, -0.15) is 4.31 Å². The van der Waals surface area contributed by atoms with Gasteiger partial charge in [0.2, 0.25) is 15.9 Å². The van der Waals surface area contributed by atoms with Crippen molar-refractivity contribution in [3.63, 3.8) is 0 Å². The van der Waals surface area contributed by atoms with Crippen molar-refractivity contribution in [2.24, 2.45) is 5.92 Å². The van der Waals surface area contributed by atoms with Crippen molar-refractivity contribution < 1.29 is 22.7 Å². The molecule has 0 saturated carbocycles. The highest BCUT2D eigenvalue weighted by molar-refractivity contribution is 7.89. The lowest BCUT2D eigenvalue weighted by Gasteiger charge is -2.26. The van der Waals surface area contributed by atoms with Crippen molar-refractivity contribution in [3.05, 3.63) is 66.2 Å². The molecule has 4 rings (SSSR count). The number of nitrogens with one attached hydrogen (secondary N) is 2. The van der Waals surface area contributed by atoms with Crippen molar-refractivity contribution in [3.8, 4) is 0 Å². The van der Waals surface area contributed by atoms with Crippen molar-refractivity contribution in [2.75, 3.05) is 31.6 Å². The number of aromatic nitrogens is 1. The summed E-state index contributed by atoms with van der Waals surface area (Å²) in [6, 6.07) is 16.1. The average Bonchev–Trinajstić information content (AvgIpc) is 2.87. The Labute approximate surface area is 204 Å². The molecule has 0 unspecified atom stereocenters. The van der Waals surface area contributed by atoms with Gasteiger partial charge in [0.15, 0.2) is 0 Å². The van der Waals surface area contributed by atoms with Gasteiger partial charge in [-0.05, 0) is 42.3 Å². The number of nitrogens with zero attached hydrogens (tertiary/aromatic N) is 2. The Balaban J connectivity index is 1.49. The number of carbonyl (C=O) groups is 2. The van der Waals surface area contributed by atoms with Gasteiger partial charge in [-0.1, -0.05) is 38.1 Å². The number of morpholine rings is 1. The summed E-state index contributed by atoms with van der Waals surface area (Å²) in [7, 11) is -3.75. The number of sulfonamides is 1. The Bertz CT molecular complexity index is 1340. The van der Waals surface area contributed by atoms with Gasteiger partial charge in [0.25, 0.3) is 5.91 Å². The number of pyridine rings is 1. The third-order valence-corrected chi connectivity index (χ3v) is 7.68. The molecule has 1 aromatic heterocycles. The maximum atomic E-state index is 13.0. The quantitative estimate of drug-likeness (QED) is 0.519. The highest BCUT2D eigenvalue weighted by atomic mass is 32.2. The number of benzene rings is 2. The van der Waals surface area contributed by atoms with Crippen LogP contribution in [0.2, 0.25) is 0 Å². The summed E-state index contributed by atoms with van der Waals surface area (Å²) in [5.74, 6) is -0.788. The van der Waals surface area contributed by atoms with E-state index in [0.29, 0.717) is 19.0 Å². The Morgan fingerprint density at radius 1 is 1.00 bits per heavy atom. The van der Waals surface area contributed by atoms with Crippen LogP contribution in [0.15, 0.2) is 65.6 Å². The van der Waals surface area contributed by atoms with E-state index in [1.54, 1.807) is 6.07 Å². The van der Waals surface area contributed by atoms with Crippen molar-refractivity contribution in [1.29, 1.82) is 0 Å². The fraction of sp³-hybridized carbons (Fsp3) is 0.320. The molecule has 0 aliphatic carbocycles. The standard InChI is InChI=1S/C25H28N4O5S/c1-17(2)23(25(31)27-22-11-10-18-6-3-4-9-21(18)26-22)28-24(30)19-7-5-8-20(16-19)35(32,33)29-12-14-34-15-13-29/h3-11,16-17,23H,12-15H2,1-2H3,(H,28,30)(H,26,27,31)/t23-/m1/s1. The number of hydrogen-bond acceptors (Lipinski definition) is 6. The first-order valence-electron chi connectivity index (χ1n) is 11.4. The number of fused-ring (bicyclic) bond motifs is 1. The number of carbonyl (C=O) groups excluding carboxylic acids is 2. The highest BCUT2D eigenvalue weighted by Crippen LogP contribution is 2.19. The number of anilines is 1. The predicted molar refractivity (Wildman–Crippen MR) is 132 cm³/mol. The number of amides is 2. The Kier molecular flexibility index (Phi) is 7.44. The van der Waals surface area contributed by atoms with Crippen LogP contribution in [0.5, 0.6) is 0 Å². The first-order chi connectivity index (χ1) is 16.8. The van der Waals surface area contributed by atoms with Gasteiger partial charge in [0, 0.05) is 24.0 Å². The topological polar surface area (TPSA) is 118 Å². The second-order valence-electron chi connectivity index (χ2n) is 8.62. The van der Waals surface area contributed by atoms with Crippen molar-refractivity contribution >= 4 is 38.6 Å². The highest BCUT2D eigenvalue weighted by Gasteiger charge is 2.28. The molecule has 184 valence electrons. The zero-order valence-corrected chi connectivity index (χ0v) is 20.4. The molecule has 1 fully saturated rings. The lowest BCUT2D eigenvalue weighted by molar-refractivity contribution is -0.118. The maximum Gasteiger partial charge on any atom is 0.251 e. The smallest absolute Gasteiger partial charge is 0.251 e. The molecule has 35 heavy (non-hydrogen) atoms. The lowest BCUT2D eigenvalue weighted by atomic mass is 10.0. The van der Waals surface area contributed by atoms with E-state index < -0.39 is 27.9 Å². The van der Waals surface area contributed by atoms with Gasteiger partial charge < -0.3 is 15.4 Å². The molecule has 1 saturated heterocycles. The molecule has 10 heteroatoms. The fourth-order valence-corrected chi connectivity index (χ4v) is 5.29. The molecule has 2 aromatic carbocycles. The van der Waals surface area contributed by atoms with Gasteiger partial charge in [-0.25, -0.2) is 13.4 Å². The van der Waals surface area contributed by atoms with E-state index in [-0.39, 0.29) is 29.5 Å². The van der Waals surface area contributed by atoms with Crippen LogP contribution in [0, 0.1) is 5.92 Å². The first-order valence-corrected chi connectivity index (χ1v) is 12.9. The molecule has 1 atom stereocenters. The SMILES string of the molecule is CC(C)[C@@H](NC(=O)c1cccc(S(=O)(=O)N2CCOCC2)c1)C(=O)Nc1ccc2ccccc2n1. The van der Waals surface area contributed by atoms with Crippen LogP contribution in [-0.2, 0) is 19.6 Å². The van der Waals surface area contributed by atoms with Gasteiger partial charge in [0.1, 0.15) is 11.9 Å². The first kappa shape index (κ1) is 24.8. The normalized spacial score (nSPS) is 15.6. The number of para-hydroxylation sites is 1. The average molecular weight is 497 g/mol. The molecular weight excluding hydrogens is 468 g/mol. The molecule has 3 aromatic rings. The summed E-state index contributed by atoms with van der Waals surface area (Å²) >= 11 is 0. The molecule has 9 nitrogen and oxygen atoms in total. The minimum absolute atomic E-state index is 0.0259. The lowest BCUT2D eigenvalue weighted by Crippen LogP contribution is -2.47. The Morgan fingerprint density at radius 3 is 2.49 bits per heavy atom. The molecule has 2 amide bonds. The summed E-state index contributed by atoms with van der Waals surface area (Å²) < 4.78 is 32.5. The molecular formula is C25H28N4O5S. The fourth-order valence-electron chi connectivity index (χ4n) is 3.83. The molecule has 1 aliphatic rings. The molecule has 0 bridgehead atoms. The van der Waals surface area contributed by atoms with Crippen LogP contribution < -0.4 is 10.6 Å². The predicted octanol–water partition coefficient (Wildman–Crippen LogP) is 2.65. The third-order valence-electron chi connectivity index (χ3n) is 5.79. The van der Waals surface area contributed by atoms with Crippen LogP contribution in [0.3, 0.4) is 0 Å². The van der Waals surface area contributed by atoms with Crippen LogP contribution in [-0.4, -0.2) is 61.9 Å². The van der Waals surface area contributed by atoms with E-state index in [1.807, 2.05) is 44.2 Å². The molecule has 0 radical (unpaired) electrons. The number of ether oxygens (including phenoxy) is 1. The largest absolute Gasteiger partial charge is 0.379 e. The van der Waals surface area contributed by atoms with E-state index in [4.69, 9.17) is 4.74 Å². The Morgan fingerprint density at radius 2 is 1.74 bits per heavy atom. The van der Waals surface area contributed by atoms with Crippen molar-refractivity contribution in [1.82, 2.24) is 14.6 Å². The third kappa shape index (κ3) is 5.67. The van der Waals surface area contributed by atoms with Gasteiger partial charge in [-0.3, -0.25) is 9.59 Å². The minimum atomic E-state index is -3.75. The molecule has 1 aliphatic heterocycles. The summed E-state index contributed by atoms with van der Waals surface area (Å²) in [5.41, 5.74) is 0.898. The van der Waals surface area contributed by atoms with Crippen LogP contribution in [0.25, 0.3) is 10.9 Å². The zero-order chi connectivity index (χ0) is 25.0. The van der Waals surface area contributed by atoms with E-state index in [1.165, 1.54) is 28.6 Å². The molecule has 2 heterocycles. The second-order valence-corrected chi connectivity index (χ2v) is 10.6.